The SMILES string of the molecule is CCOc1cc(C)ccc1NC(=O)CSCc1c(C)noc1C. The van der Waals surface area contributed by atoms with Gasteiger partial charge in [-0.15, -0.1) is 11.8 Å². The van der Waals surface area contributed by atoms with Crippen molar-refractivity contribution in [2.24, 2.45) is 0 Å². The Morgan fingerprint density at radius 1 is 1.35 bits per heavy atom. The van der Waals surface area contributed by atoms with Crippen LogP contribution < -0.4 is 10.1 Å². The zero-order valence-electron chi connectivity index (χ0n) is 13.9. The highest BCUT2D eigenvalue weighted by molar-refractivity contribution is 7.99. The molecular formula is C17H22N2O3S. The zero-order chi connectivity index (χ0) is 16.8. The van der Waals surface area contributed by atoms with E-state index in [2.05, 4.69) is 10.5 Å². The average Bonchev–Trinajstić information content (AvgIpc) is 2.82. The Kier molecular flexibility index (Phi) is 6.10. The number of aromatic nitrogens is 1. The molecule has 1 amide bonds. The summed E-state index contributed by atoms with van der Waals surface area (Å²) in [4.78, 5) is 12.1. The Morgan fingerprint density at radius 3 is 2.78 bits per heavy atom. The van der Waals surface area contributed by atoms with Crippen molar-refractivity contribution < 1.29 is 14.1 Å². The van der Waals surface area contributed by atoms with Gasteiger partial charge in [-0.25, -0.2) is 0 Å². The zero-order valence-corrected chi connectivity index (χ0v) is 14.8. The maximum atomic E-state index is 12.1. The molecular weight excluding hydrogens is 312 g/mol. The number of benzene rings is 1. The summed E-state index contributed by atoms with van der Waals surface area (Å²) in [5.74, 6) is 2.54. The first-order valence-electron chi connectivity index (χ1n) is 7.54. The van der Waals surface area contributed by atoms with E-state index in [1.165, 1.54) is 11.8 Å². The minimum Gasteiger partial charge on any atom is -0.492 e. The topological polar surface area (TPSA) is 64.4 Å². The van der Waals surface area contributed by atoms with Crippen molar-refractivity contribution in [1.82, 2.24) is 5.16 Å². The van der Waals surface area contributed by atoms with Crippen LogP contribution in [0.3, 0.4) is 0 Å². The van der Waals surface area contributed by atoms with E-state index < -0.39 is 0 Å². The van der Waals surface area contributed by atoms with E-state index in [1.54, 1.807) is 0 Å². The smallest absolute Gasteiger partial charge is 0.234 e. The predicted octanol–water partition coefficient (Wildman–Crippen LogP) is 3.87. The summed E-state index contributed by atoms with van der Waals surface area (Å²) in [6.07, 6.45) is 0. The molecule has 2 rings (SSSR count). The average molecular weight is 334 g/mol. The standard InChI is InChI=1S/C17H22N2O3S/c1-5-21-16-8-11(2)6-7-15(16)18-17(20)10-23-9-14-12(3)19-22-13(14)4/h6-8H,5,9-10H2,1-4H3,(H,18,20). The lowest BCUT2D eigenvalue weighted by atomic mass is 10.2. The largest absolute Gasteiger partial charge is 0.492 e. The molecule has 0 aliphatic rings. The predicted molar refractivity (Wildman–Crippen MR) is 93.1 cm³/mol. The molecule has 0 unspecified atom stereocenters. The van der Waals surface area contributed by atoms with Crippen LogP contribution in [0, 0.1) is 20.8 Å². The minimum absolute atomic E-state index is 0.0495. The third-order valence-electron chi connectivity index (χ3n) is 3.37. The van der Waals surface area contributed by atoms with Gasteiger partial charge in [0.1, 0.15) is 11.5 Å². The number of nitrogens with one attached hydrogen (secondary N) is 1. The van der Waals surface area contributed by atoms with Gasteiger partial charge < -0.3 is 14.6 Å². The molecule has 0 aliphatic heterocycles. The summed E-state index contributed by atoms with van der Waals surface area (Å²) >= 11 is 1.54. The molecule has 1 heterocycles. The number of hydrogen-bond donors (Lipinski definition) is 1. The van der Waals surface area contributed by atoms with Crippen molar-refractivity contribution in [2.45, 2.75) is 33.4 Å². The molecule has 0 fully saturated rings. The van der Waals surface area contributed by atoms with E-state index in [0.29, 0.717) is 29.5 Å². The highest BCUT2D eigenvalue weighted by Gasteiger charge is 2.11. The van der Waals surface area contributed by atoms with Crippen molar-refractivity contribution in [1.29, 1.82) is 0 Å². The number of amides is 1. The number of hydrogen-bond acceptors (Lipinski definition) is 5. The molecule has 0 saturated carbocycles. The molecule has 5 nitrogen and oxygen atoms in total. The summed E-state index contributed by atoms with van der Waals surface area (Å²) in [7, 11) is 0. The van der Waals surface area contributed by atoms with Crippen LogP contribution in [-0.2, 0) is 10.5 Å². The first-order valence-corrected chi connectivity index (χ1v) is 8.69. The van der Waals surface area contributed by atoms with Crippen molar-refractivity contribution >= 4 is 23.4 Å². The minimum atomic E-state index is -0.0495. The maximum absolute atomic E-state index is 12.1. The van der Waals surface area contributed by atoms with Crippen LogP contribution >= 0.6 is 11.8 Å². The quantitative estimate of drug-likeness (QED) is 0.832. The number of ether oxygens (including phenoxy) is 1. The molecule has 1 N–H and O–H groups in total. The molecule has 1 aromatic carbocycles. The number of thioether (sulfide) groups is 1. The third-order valence-corrected chi connectivity index (χ3v) is 4.33. The Bertz CT molecular complexity index is 663. The van der Waals surface area contributed by atoms with Crippen LogP contribution in [0.1, 0.15) is 29.5 Å². The monoisotopic (exact) mass is 334 g/mol. The molecule has 0 bridgehead atoms. The van der Waals surface area contributed by atoms with Gasteiger partial charge in [-0.3, -0.25) is 4.79 Å². The molecule has 0 radical (unpaired) electrons. The van der Waals surface area contributed by atoms with Gasteiger partial charge in [-0.05, 0) is 45.4 Å². The second-order valence-corrected chi connectivity index (χ2v) is 6.26. The highest BCUT2D eigenvalue weighted by Crippen LogP contribution is 2.26. The van der Waals surface area contributed by atoms with Crippen molar-refractivity contribution in [3.63, 3.8) is 0 Å². The van der Waals surface area contributed by atoms with E-state index in [-0.39, 0.29) is 5.91 Å². The number of carbonyl (C=O) groups excluding carboxylic acids is 1. The third kappa shape index (κ3) is 4.76. The van der Waals surface area contributed by atoms with E-state index >= 15 is 0 Å². The van der Waals surface area contributed by atoms with Crippen LogP contribution in [-0.4, -0.2) is 23.4 Å². The first-order chi connectivity index (χ1) is 11.0. The fraction of sp³-hybridized carbons (Fsp3) is 0.412. The van der Waals surface area contributed by atoms with Crippen LogP contribution in [0.2, 0.25) is 0 Å². The lowest BCUT2D eigenvalue weighted by molar-refractivity contribution is -0.113. The molecule has 124 valence electrons. The van der Waals surface area contributed by atoms with Crippen LogP contribution in [0.5, 0.6) is 5.75 Å². The van der Waals surface area contributed by atoms with Gasteiger partial charge in [0.2, 0.25) is 5.91 Å². The van der Waals surface area contributed by atoms with E-state index in [4.69, 9.17) is 9.26 Å². The molecule has 0 atom stereocenters. The van der Waals surface area contributed by atoms with E-state index in [1.807, 2.05) is 45.9 Å². The van der Waals surface area contributed by atoms with Gasteiger partial charge in [-0.2, -0.15) is 0 Å². The number of carbonyl (C=O) groups is 1. The lowest BCUT2D eigenvalue weighted by Crippen LogP contribution is -2.15. The van der Waals surface area contributed by atoms with Crippen molar-refractivity contribution in [2.75, 3.05) is 17.7 Å². The van der Waals surface area contributed by atoms with Gasteiger partial charge >= 0.3 is 0 Å². The highest BCUT2D eigenvalue weighted by atomic mass is 32.2. The van der Waals surface area contributed by atoms with Crippen LogP contribution in [0.4, 0.5) is 5.69 Å². The Hall–Kier alpha value is -1.95. The number of nitrogens with zero attached hydrogens (tertiary/aromatic N) is 1. The van der Waals surface area contributed by atoms with Gasteiger partial charge in [-0.1, -0.05) is 11.2 Å². The fourth-order valence-corrected chi connectivity index (χ4v) is 3.12. The lowest BCUT2D eigenvalue weighted by Gasteiger charge is -2.12. The van der Waals surface area contributed by atoms with Crippen LogP contribution in [0.15, 0.2) is 22.7 Å². The Labute approximate surface area is 140 Å². The Morgan fingerprint density at radius 2 is 2.13 bits per heavy atom. The van der Waals surface area contributed by atoms with Crippen molar-refractivity contribution in [3.05, 3.63) is 40.8 Å². The normalized spacial score (nSPS) is 10.6. The second-order valence-electron chi connectivity index (χ2n) is 5.28. The summed E-state index contributed by atoms with van der Waals surface area (Å²) < 4.78 is 10.7. The number of rotatable bonds is 7. The number of anilines is 1. The molecule has 0 saturated heterocycles. The van der Waals surface area contributed by atoms with E-state index in [9.17, 15) is 4.79 Å². The second kappa shape index (κ2) is 8.06. The first kappa shape index (κ1) is 17.4. The van der Waals surface area contributed by atoms with Crippen LogP contribution in [0.25, 0.3) is 0 Å². The van der Waals surface area contributed by atoms with Gasteiger partial charge in [0, 0.05) is 11.3 Å². The van der Waals surface area contributed by atoms with Gasteiger partial charge in [0.25, 0.3) is 0 Å². The molecule has 1 aromatic heterocycles. The molecule has 6 heteroatoms. The summed E-state index contributed by atoms with van der Waals surface area (Å²) in [6, 6.07) is 5.75. The Balaban J connectivity index is 1.90. The summed E-state index contributed by atoms with van der Waals surface area (Å²) in [5.41, 5.74) is 3.75. The summed E-state index contributed by atoms with van der Waals surface area (Å²) in [6.45, 7) is 8.28. The number of aryl methyl sites for hydroxylation is 3. The molecule has 23 heavy (non-hydrogen) atoms. The molecule has 2 aromatic rings. The van der Waals surface area contributed by atoms with Crippen molar-refractivity contribution in [3.8, 4) is 5.75 Å². The molecule has 0 spiro atoms. The summed E-state index contributed by atoms with van der Waals surface area (Å²) in [5, 5.41) is 6.82. The van der Waals surface area contributed by atoms with Gasteiger partial charge in [0.05, 0.1) is 23.7 Å². The van der Waals surface area contributed by atoms with Gasteiger partial charge in [0.15, 0.2) is 0 Å². The molecule has 0 aliphatic carbocycles. The van der Waals surface area contributed by atoms with E-state index in [0.717, 1.165) is 22.6 Å². The maximum Gasteiger partial charge on any atom is 0.234 e. The fourth-order valence-electron chi connectivity index (χ4n) is 2.15.